The number of fused-ring (bicyclic) bond motifs is 1. The van der Waals surface area contributed by atoms with Gasteiger partial charge in [0.2, 0.25) is 0 Å². The van der Waals surface area contributed by atoms with Crippen LogP contribution in [0.15, 0.2) is 76.7 Å². The van der Waals surface area contributed by atoms with Crippen LogP contribution < -0.4 is 5.32 Å². The Morgan fingerprint density at radius 3 is 2.61 bits per heavy atom. The van der Waals surface area contributed by atoms with Crippen LogP contribution in [0.25, 0.3) is 5.65 Å². The van der Waals surface area contributed by atoms with Gasteiger partial charge in [-0.2, -0.15) is 5.10 Å². The summed E-state index contributed by atoms with van der Waals surface area (Å²) in [6.45, 7) is 3.31. The molecule has 8 heteroatoms. The average Bonchev–Trinajstić information content (AvgIpc) is 3.18. The number of carbonyl (C=O) groups excluding carboxylic acids is 2. The summed E-state index contributed by atoms with van der Waals surface area (Å²) in [4.78, 5) is 31.2. The molecule has 0 aliphatic carbocycles. The molecule has 0 spiro atoms. The fraction of sp³-hybridized carbons (Fsp3) is 0.130. The van der Waals surface area contributed by atoms with Crippen molar-refractivity contribution < 1.29 is 14.3 Å². The molecule has 0 bridgehead atoms. The summed E-state index contributed by atoms with van der Waals surface area (Å²) in [7, 11) is 0. The lowest BCUT2D eigenvalue weighted by Gasteiger charge is -2.11. The number of hydrogen-bond acceptors (Lipinski definition) is 6. The van der Waals surface area contributed by atoms with E-state index in [4.69, 9.17) is 4.74 Å². The first kappa shape index (κ1) is 20.6. The predicted octanol–water partition coefficient (Wildman–Crippen LogP) is 4.29. The highest BCUT2D eigenvalue weighted by atomic mass is 32.2. The number of esters is 1. The van der Waals surface area contributed by atoms with Gasteiger partial charge in [-0.15, -0.1) is 0 Å². The van der Waals surface area contributed by atoms with Gasteiger partial charge < -0.3 is 10.1 Å². The lowest BCUT2D eigenvalue weighted by molar-refractivity contribution is -0.119. The van der Waals surface area contributed by atoms with Crippen molar-refractivity contribution in [2.24, 2.45) is 0 Å². The lowest BCUT2D eigenvalue weighted by Crippen LogP contribution is -2.21. The molecule has 7 nitrogen and oxygen atoms in total. The average molecular weight is 433 g/mol. The van der Waals surface area contributed by atoms with Gasteiger partial charge in [0.1, 0.15) is 5.56 Å². The number of benzene rings is 2. The minimum absolute atomic E-state index is 0.222. The maximum Gasteiger partial charge on any atom is 0.344 e. The number of ether oxygens (including phenoxy) is 1. The van der Waals surface area contributed by atoms with E-state index in [-0.39, 0.29) is 5.56 Å². The molecule has 156 valence electrons. The third kappa shape index (κ3) is 4.75. The minimum Gasteiger partial charge on any atom is -0.452 e. The van der Waals surface area contributed by atoms with E-state index in [1.54, 1.807) is 16.3 Å². The van der Waals surface area contributed by atoms with Gasteiger partial charge in [-0.25, -0.2) is 14.3 Å². The highest BCUT2D eigenvalue weighted by Crippen LogP contribution is 2.33. The number of carbonyl (C=O) groups is 2. The third-order valence-corrected chi connectivity index (χ3v) is 5.55. The third-order valence-electron chi connectivity index (χ3n) is 4.46. The predicted molar refractivity (Wildman–Crippen MR) is 118 cm³/mol. The topological polar surface area (TPSA) is 85.6 Å². The van der Waals surface area contributed by atoms with E-state index in [1.807, 2.05) is 74.5 Å². The highest BCUT2D eigenvalue weighted by molar-refractivity contribution is 7.99. The quantitative estimate of drug-likeness (QED) is 0.458. The van der Waals surface area contributed by atoms with Gasteiger partial charge in [-0.1, -0.05) is 42.1 Å². The second-order valence-electron chi connectivity index (χ2n) is 6.87. The van der Waals surface area contributed by atoms with Crippen molar-refractivity contribution in [3.63, 3.8) is 0 Å². The summed E-state index contributed by atoms with van der Waals surface area (Å²) < 4.78 is 6.79. The van der Waals surface area contributed by atoms with Crippen molar-refractivity contribution >= 4 is 35.0 Å². The second kappa shape index (κ2) is 9.01. The molecule has 0 aliphatic rings. The Balaban J connectivity index is 1.42. The van der Waals surface area contributed by atoms with Crippen molar-refractivity contribution in [3.05, 3.63) is 83.8 Å². The molecule has 4 rings (SSSR count). The molecule has 2 aromatic heterocycles. The summed E-state index contributed by atoms with van der Waals surface area (Å²) in [5.41, 5.74) is 2.91. The molecule has 4 aromatic rings. The minimum atomic E-state index is -0.644. The van der Waals surface area contributed by atoms with Crippen molar-refractivity contribution in [2.75, 3.05) is 11.9 Å². The number of anilines is 1. The van der Waals surface area contributed by atoms with E-state index >= 15 is 0 Å². The van der Waals surface area contributed by atoms with E-state index in [2.05, 4.69) is 15.4 Å². The monoisotopic (exact) mass is 432 g/mol. The molecular weight excluding hydrogens is 412 g/mol. The van der Waals surface area contributed by atoms with Gasteiger partial charge in [0.05, 0.1) is 11.9 Å². The number of aryl methyl sites for hydroxylation is 2. The Bertz CT molecular complexity index is 1250. The zero-order valence-electron chi connectivity index (χ0n) is 17.0. The van der Waals surface area contributed by atoms with Crippen LogP contribution in [0.1, 0.15) is 21.7 Å². The standard InChI is InChI=1S/C23H20N4O3S/c1-15-12-16(2)27-22(25-15)18(13-24-27)23(29)30-14-21(28)26-19-10-6-7-11-20(19)31-17-8-4-3-5-9-17/h3-13H,14H2,1-2H3,(H,26,28). The van der Waals surface area contributed by atoms with Crippen molar-refractivity contribution in [1.82, 2.24) is 14.6 Å². The SMILES string of the molecule is Cc1cc(C)n2ncc(C(=O)OCC(=O)Nc3ccccc3Sc3ccccc3)c2n1. The first-order chi connectivity index (χ1) is 15.0. The Morgan fingerprint density at radius 2 is 1.81 bits per heavy atom. The number of nitrogens with one attached hydrogen (secondary N) is 1. The van der Waals surface area contributed by atoms with Crippen LogP contribution in [0.4, 0.5) is 5.69 Å². The smallest absolute Gasteiger partial charge is 0.344 e. The Hall–Kier alpha value is -3.65. The van der Waals surface area contributed by atoms with Gasteiger partial charge in [0.25, 0.3) is 5.91 Å². The first-order valence-electron chi connectivity index (χ1n) is 9.62. The van der Waals surface area contributed by atoms with E-state index < -0.39 is 18.5 Å². The Kier molecular flexibility index (Phi) is 5.99. The zero-order chi connectivity index (χ0) is 21.8. The van der Waals surface area contributed by atoms with Crippen LogP contribution in [0.3, 0.4) is 0 Å². The number of amides is 1. The van der Waals surface area contributed by atoms with E-state index in [0.717, 1.165) is 21.2 Å². The summed E-state index contributed by atoms with van der Waals surface area (Å²) in [5, 5.41) is 6.99. The molecule has 0 radical (unpaired) electrons. The Morgan fingerprint density at radius 1 is 1.06 bits per heavy atom. The normalized spacial score (nSPS) is 10.8. The Labute approximate surface area is 183 Å². The van der Waals surface area contributed by atoms with Gasteiger partial charge in [-0.3, -0.25) is 4.79 Å². The molecule has 1 N–H and O–H groups in total. The van der Waals surface area contributed by atoms with Gasteiger partial charge in [0, 0.05) is 21.2 Å². The molecule has 2 aromatic carbocycles. The van der Waals surface area contributed by atoms with Gasteiger partial charge >= 0.3 is 5.97 Å². The number of rotatable bonds is 6. The van der Waals surface area contributed by atoms with Crippen molar-refractivity contribution in [2.45, 2.75) is 23.6 Å². The molecule has 0 saturated heterocycles. The molecule has 0 unspecified atom stereocenters. The fourth-order valence-corrected chi connectivity index (χ4v) is 4.01. The number of aromatic nitrogens is 3. The van der Waals surface area contributed by atoms with Crippen LogP contribution >= 0.6 is 11.8 Å². The van der Waals surface area contributed by atoms with Crippen LogP contribution in [-0.2, 0) is 9.53 Å². The molecule has 0 aliphatic heterocycles. The van der Waals surface area contributed by atoms with Crippen molar-refractivity contribution in [1.29, 1.82) is 0 Å². The van der Waals surface area contributed by atoms with Crippen LogP contribution in [0, 0.1) is 13.8 Å². The van der Waals surface area contributed by atoms with Gasteiger partial charge in [-0.05, 0) is 44.2 Å². The molecule has 2 heterocycles. The molecule has 31 heavy (non-hydrogen) atoms. The summed E-state index contributed by atoms with van der Waals surface area (Å²) in [6.07, 6.45) is 1.40. The van der Waals surface area contributed by atoms with E-state index in [0.29, 0.717) is 11.3 Å². The fourth-order valence-electron chi connectivity index (χ4n) is 3.08. The maximum absolute atomic E-state index is 12.5. The number of para-hydroxylation sites is 1. The lowest BCUT2D eigenvalue weighted by atomic mass is 10.3. The maximum atomic E-state index is 12.5. The van der Waals surface area contributed by atoms with E-state index in [9.17, 15) is 9.59 Å². The number of hydrogen-bond donors (Lipinski definition) is 1. The second-order valence-corrected chi connectivity index (χ2v) is 7.98. The first-order valence-corrected chi connectivity index (χ1v) is 10.4. The summed E-state index contributed by atoms with van der Waals surface area (Å²) >= 11 is 1.54. The van der Waals surface area contributed by atoms with E-state index in [1.165, 1.54) is 6.20 Å². The van der Waals surface area contributed by atoms with Gasteiger partial charge in [0.15, 0.2) is 12.3 Å². The molecular formula is C23H20N4O3S. The van der Waals surface area contributed by atoms with Crippen LogP contribution in [0.5, 0.6) is 0 Å². The zero-order valence-corrected chi connectivity index (χ0v) is 17.8. The highest BCUT2D eigenvalue weighted by Gasteiger charge is 2.18. The largest absolute Gasteiger partial charge is 0.452 e. The molecule has 0 saturated carbocycles. The summed E-state index contributed by atoms with van der Waals surface area (Å²) in [5.74, 6) is -1.07. The number of nitrogens with zero attached hydrogens (tertiary/aromatic N) is 3. The van der Waals surface area contributed by atoms with Crippen LogP contribution in [0.2, 0.25) is 0 Å². The van der Waals surface area contributed by atoms with Crippen LogP contribution in [-0.4, -0.2) is 33.1 Å². The molecule has 0 fully saturated rings. The molecule has 0 atom stereocenters. The summed E-state index contributed by atoms with van der Waals surface area (Å²) in [6, 6.07) is 19.2. The van der Waals surface area contributed by atoms with Crippen molar-refractivity contribution in [3.8, 4) is 0 Å². The molecule has 1 amide bonds.